The van der Waals surface area contributed by atoms with Crippen molar-refractivity contribution in [2.45, 2.75) is 103 Å². The van der Waals surface area contributed by atoms with E-state index in [1.54, 1.807) is 0 Å². The second kappa shape index (κ2) is 16.5. The fraction of sp³-hybridized carbons (Fsp3) is 0.708. The van der Waals surface area contributed by atoms with E-state index >= 15 is 0 Å². The molecule has 0 aliphatic heterocycles. The molecule has 0 saturated heterocycles. The molecule has 1 rings (SSSR count). The Labute approximate surface area is 157 Å². The summed E-state index contributed by atoms with van der Waals surface area (Å²) in [6.07, 6.45) is 20.4. The van der Waals surface area contributed by atoms with Gasteiger partial charge in [0.2, 0.25) is 0 Å². The van der Waals surface area contributed by atoms with Crippen LogP contribution in [0.15, 0.2) is 24.3 Å². The van der Waals surface area contributed by atoms with Gasteiger partial charge in [-0.05, 0) is 43.9 Å². The molecule has 0 heterocycles. The Bertz CT molecular complexity index is 399. The molecule has 0 N–H and O–H groups in total. The molecular formula is C24H41O. The van der Waals surface area contributed by atoms with Crippen molar-refractivity contribution in [1.29, 1.82) is 0 Å². The van der Waals surface area contributed by atoms with Gasteiger partial charge in [-0.2, -0.15) is 0 Å². The lowest BCUT2D eigenvalue weighted by Crippen LogP contribution is -1.95. The third-order valence-corrected chi connectivity index (χ3v) is 4.88. The van der Waals surface area contributed by atoms with Crippen LogP contribution in [-0.2, 0) is 6.42 Å². The normalized spacial score (nSPS) is 11.0. The summed E-state index contributed by atoms with van der Waals surface area (Å²) in [4.78, 5) is 0. The highest BCUT2D eigenvalue weighted by molar-refractivity contribution is 5.28. The number of benzene rings is 1. The lowest BCUT2D eigenvalue weighted by molar-refractivity contribution is 0.324. The fourth-order valence-corrected chi connectivity index (χ4v) is 3.33. The van der Waals surface area contributed by atoms with Gasteiger partial charge in [0.25, 0.3) is 0 Å². The molecule has 1 aromatic carbocycles. The Morgan fingerprint density at radius 3 is 1.88 bits per heavy atom. The van der Waals surface area contributed by atoms with E-state index in [1.807, 2.05) is 6.07 Å². The zero-order valence-corrected chi connectivity index (χ0v) is 16.7. The highest BCUT2D eigenvalue weighted by atomic mass is 16.5. The second-order valence-electron chi connectivity index (χ2n) is 7.34. The quantitative estimate of drug-likeness (QED) is 0.260. The van der Waals surface area contributed by atoms with Crippen molar-refractivity contribution in [3.63, 3.8) is 0 Å². The van der Waals surface area contributed by atoms with Crippen LogP contribution in [0.2, 0.25) is 0 Å². The van der Waals surface area contributed by atoms with Crippen LogP contribution in [0.1, 0.15) is 102 Å². The summed E-state index contributed by atoms with van der Waals surface area (Å²) in [7, 11) is 0. The van der Waals surface area contributed by atoms with Crippen LogP contribution in [0, 0.1) is 6.92 Å². The Morgan fingerprint density at radius 2 is 1.32 bits per heavy atom. The molecule has 0 unspecified atom stereocenters. The highest BCUT2D eigenvalue weighted by Crippen LogP contribution is 2.17. The molecular weight excluding hydrogens is 304 g/mol. The number of ether oxygens (including phenoxy) is 1. The molecule has 0 amide bonds. The van der Waals surface area contributed by atoms with E-state index in [4.69, 9.17) is 4.74 Å². The van der Waals surface area contributed by atoms with Gasteiger partial charge in [-0.15, -0.1) is 0 Å². The topological polar surface area (TPSA) is 9.23 Å². The smallest absolute Gasteiger partial charge is 0.119 e. The minimum atomic E-state index is 0.711. The fourth-order valence-electron chi connectivity index (χ4n) is 3.33. The van der Waals surface area contributed by atoms with Crippen molar-refractivity contribution in [2.24, 2.45) is 0 Å². The number of hydrogen-bond donors (Lipinski definition) is 0. The van der Waals surface area contributed by atoms with Gasteiger partial charge < -0.3 is 4.74 Å². The van der Waals surface area contributed by atoms with Crippen molar-refractivity contribution in [3.05, 3.63) is 36.8 Å². The average molecular weight is 346 g/mol. The zero-order valence-electron chi connectivity index (χ0n) is 16.7. The summed E-state index contributed by atoms with van der Waals surface area (Å²) in [6, 6.07) is 8.56. The van der Waals surface area contributed by atoms with Gasteiger partial charge in [0.05, 0.1) is 6.61 Å². The first-order chi connectivity index (χ1) is 12.4. The van der Waals surface area contributed by atoms with Crippen LogP contribution in [0.25, 0.3) is 0 Å². The second-order valence-corrected chi connectivity index (χ2v) is 7.34. The lowest BCUT2D eigenvalue weighted by Gasteiger charge is -2.07. The van der Waals surface area contributed by atoms with Gasteiger partial charge in [-0.25, -0.2) is 0 Å². The highest BCUT2D eigenvalue weighted by Gasteiger charge is 1.98. The van der Waals surface area contributed by atoms with Crippen molar-refractivity contribution in [3.8, 4) is 5.75 Å². The molecule has 0 saturated carbocycles. The maximum absolute atomic E-state index is 5.65. The molecule has 1 heteroatoms. The molecule has 1 aromatic rings. The van der Waals surface area contributed by atoms with Crippen molar-refractivity contribution >= 4 is 0 Å². The van der Waals surface area contributed by atoms with E-state index in [9.17, 15) is 0 Å². The minimum Gasteiger partial charge on any atom is -0.494 e. The van der Waals surface area contributed by atoms with Gasteiger partial charge in [-0.3, -0.25) is 0 Å². The average Bonchev–Trinajstić information content (AvgIpc) is 2.64. The van der Waals surface area contributed by atoms with Gasteiger partial charge >= 0.3 is 0 Å². The molecule has 0 fully saturated rings. The molecule has 0 aromatic heterocycles. The molecule has 1 radical (unpaired) electrons. The predicted octanol–water partition coefficient (Wildman–Crippen LogP) is 7.92. The van der Waals surface area contributed by atoms with E-state index in [-0.39, 0.29) is 0 Å². The Hall–Kier alpha value is -0.980. The first-order valence-corrected chi connectivity index (χ1v) is 10.9. The van der Waals surface area contributed by atoms with Crippen LogP contribution >= 0.6 is 0 Å². The largest absolute Gasteiger partial charge is 0.494 e. The summed E-state index contributed by atoms with van der Waals surface area (Å²) in [5, 5.41) is 0. The lowest BCUT2D eigenvalue weighted by atomic mass is 10.0. The van der Waals surface area contributed by atoms with Gasteiger partial charge in [0.1, 0.15) is 5.75 Å². The van der Waals surface area contributed by atoms with E-state index in [2.05, 4.69) is 32.0 Å². The monoisotopic (exact) mass is 345 g/mol. The van der Waals surface area contributed by atoms with Gasteiger partial charge in [0.15, 0.2) is 0 Å². The molecule has 0 spiro atoms. The van der Waals surface area contributed by atoms with E-state index in [0.717, 1.165) is 12.2 Å². The molecule has 0 bridgehead atoms. The first kappa shape index (κ1) is 22.1. The van der Waals surface area contributed by atoms with Gasteiger partial charge in [0, 0.05) is 0 Å². The summed E-state index contributed by atoms with van der Waals surface area (Å²) in [5.41, 5.74) is 1.41. The molecule has 0 aliphatic carbocycles. The first-order valence-electron chi connectivity index (χ1n) is 10.9. The van der Waals surface area contributed by atoms with E-state index in [0.29, 0.717) is 6.61 Å². The van der Waals surface area contributed by atoms with Crippen LogP contribution in [0.4, 0.5) is 0 Å². The summed E-state index contributed by atoms with van der Waals surface area (Å²) in [5.74, 6) is 0.996. The van der Waals surface area contributed by atoms with Crippen molar-refractivity contribution < 1.29 is 4.74 Å². The SMILES string of the molecule is [CH2]CCOc1cccc(CCCCCCCCCCCCCCC)c1. The standard InChI is InChI=1S/C24H41O/c1-3-5-6-7-8-9-10-11-12-13-14-15-16-18-23-19-17-20-24(22-23)25-21-4-2/h17,19-20,22H,2-16,18,21H2,1H3. The third-order valence-electron chi connectivity index (χ3n) is 4.88. The Balaban J connectivity index is 1.90. The molecule has 143 valence electrons. The minimum absolute atomic E-state index is 0.711. The Morgan fingerprint density at radius 1 is 0.760 bits per heavy atom. The van der Waals surface area contributed by atoms with Crippen LogP contribution < -0.4 is 4.74 Å². The molecule has 0 atom stereocenters. The van der Waals surface area contributed by atoms with E-state index in [1.165, 1.54) is 95.5 Å². The number of unbranched alkanes of at least 4 members (excludes halogenated alkanes) is 12. The number of aryl methyl sites for hydroxylation is 1. The van der Waals surface area contributed by atoms with Crippen LogP contribution in [0.5, 0.6) is 5.75 Å². The molecule has 0 aliphatic rings. The van der Waals surface area contributed by atoms with Crippen LogP contribution in [0.3, 0.4) is 0 Å². The van der Waals surface area contributed by atoms with Crippen molar-refractivity contribution in [2.75, 3.05) is 6.61 Å². The molecule has 1 nitrogen and oxygen atoms in total. The van der Waals surface area contributed by atoms with Gasteiger partial charge in [-0.1, -0.05) is 96.1 Å². The third kappa shape index (κ3) is 13.0. The van der Waals surface area contributed by atoms with Crippen molar-refractivity contribution in [1.82, 2.24) is 0 Å². The summed E-state index contributed by atoms with van der Waals surface area (Å²) in [6.45, 7) is 6.81. The molecule has 25 heavy (non-hydrogen) atoms. The maximum Gasteiger partial charge on any atom is 0.119 e. The summed E-state index contributed by atoms with van der Waals surface area (Å²) >= 11 is 0. The zero-order chi connectivity index (χ0) is 18.0. The maximum atomic E-state index is 5.65. The predicted molar refractivity (Wildman–Crippen MR) is 111 cm³/mol. The van der Waals surface area contributed by atoms with Crippen LogP contribution in [-0.4, -0.2) is 6.61 Å². The Kier molecular flexibility index (Phi) is 14.5. The summed E-state index contributed by atoms with van der Waals surface area (Å²) < 4.78 is 5.65. The van der Waals surface area contributed by atoms with E-state index < -0.39 is 0 Å². The number of hydrogen-bond acceptors (Lipinski definition) is 1. The number of rotatable bonds is 17.